The number of hydrogen-bond donors (Lipinski definition) is 2. The molecule has 20 heavy (non-hydrogen) atoms. The van der Waals surface area contributed by atoms with E-state index in [1.165, 1.54) is 18.9 Å². The Morgan fingerprint density at radius 2 is 2.05 bits per heavy atom. The molecule has 0 aliphatic carbocycles. The highest BCUT2D eigenvalue weighted by Gasteiger charge is 2.22. The average molecular weight is 362 g/mol. The zero-order valence-electron chi connectivity index (χ0n) is 11.5. The summed E-state index contributed by atoms with van der Waals surface area (Å²) in [4.78, 5) is 2.41. The Kier molecular flexibility index (Phi) is 5.06. The van der Waals surface area contributed by atoms with Gasteiger partial charge in [0.25, 0.3) is 0 Å². The van der Waals surface area contributed by atoms with Crippen LogP contribution in [0.25, 0.3) is 0 Å². The Hall–Kier alpha value is -0.630. The lowest BCUT2D eigenvalue weighted by molar-refractivity contribution is 0.313. The Morgan fingerprint density at radius 1 is 1.40 bits per heavy atom. The van der Waals surface area contributed by atoms with Crippen molar-refractivity contribution in [1.82, 2.24) is 9.62 Å². The van der Waals surface area contributed by atoms with Crippen LogP contribution >= 0.6 is 15.9 Å². The summed E-state index contributed by atoms with van der Waals surface area (Å²) >= 11 is 3.27. The number of nitrogens with zero attached hydrogens (tertiary/aromatic N) is 1. The van der Waals surface area contributed by atoms with E-state index in [9.17, 15) is 8.42 Å². The van der Waals surface area contributed by atoms with E-state index in [0.717, 1.165) is 24.1 Å². The topological polar surface area (TPSA) is 75.4 Å². The molecule has 1 atom stereocenters. The van der Waals surface area contributed by atoms with Gasteiger partial charge in [-0.1, -0.05) is 15.9 Å². The average Bonchev–Trinajstić information content (AvgIpc) is 2.79. The molecule has 1 aliphatic rings. The SMILES string of the molecule is CC(CN1CCCC1)NS(=O)(=O)c1ccc(Br)cc1N. The first-order chi connectivity index (χ1) is 9.38. The number of likely N-dealkylation sites (tertiary alicyclic amines) is 1. The molecule has 5 nitrogen and oxygen atoms in total. The van der Waals surface area contributed by atoms with Gasteiger partial charge >= 0.3 is 0 Å². The van der Waals surface area contributed by atoms with Crippen LogP contribution in [0.4, 0.5) is 5.69 Å². The molecule has 1 fully saturated rings. The number of hydrogen-bond acceptors (Lipinski definition) is 4. The monoisotopic (exact) mass is 361 g/mol. The van der Waals surface area contributed by atoms with Gasteiger partial charge in [0.2, 0.25) is 10.0 Å². The zero-order valence-corrected chi connectivity index (χ0v) is 13.9. The Labute approximate surface area is 128 Å². The van der Waals surface area contributed by atoms with Gasteiger partial charge in [-0.15, -0.1) is 0 Å². The lowest BCUT2D eigenvalue weighted by atomic mass is 10.3. The van der Waals surface area contributed by atoms with Crippen LogP contribution in [0.3, 0.4) is 0 Å². The second-order valence-electron chi connectivity index (χ2n) is 5.21. The molecular weight excluding hydrogens is 342 g/mol. The standard InChI is InChI=1S/C13H20BrN3O2S/c1-10(9-17-6-2-3-7-17)16-20(18,19)13-5-4-11(14)8-12(13)15/h4-5,8,10,16H,2-3,6-7,9,15H2,1H3. The van der Waals surface area contributed by atoms with Crippen LogP contribution in [0.2, 0.25) is 0 Å². The molecule has 2 rings (SSSR count). The van der Waals surface area contributed by atoms with Crippen molar-refractivity contribution >= 4 is 31.6 Å². The predicted molar refractivity (Wildman–Crippen MR) is 84.0 cm³/mol. The summed E-state index contributed by atoms with van der Waals surface area (Å²) in [5.74, 6) is 0. The van der Waals surface area contributed by atoms with Crippen molar-refractivity contribution in [1.29, 1.82) is 0 Å². The number of anilines is 1. The van der Waals surface area contributed by atoms with Gasteiger partial charge in [-0.2, -0.15) is 0 Å². The highest BCUT2D eigenvalue weighted by Crippen LogP contribution is 2.23. The highest BCUT2D eigenvalue weighted by molar-refractivity contribution is 9.10. The van der Waals surface area contributed by atoms with E-state index in [-0.39, 0.29) is 16.6 Å². The van der Waals surface area contributed by atoms with Crippen molar-refractivity contribution in [2.24, 2.45) is 0 Å². The van der Waals surface area contributed by atoms with Gasteiger partial charge in [-0.3, -0.25) is 0 Å². The smallest absolute Gasteiger partial charge is 0.242 e. The highest BCUT2D eigenvalue weighted by atomic mass is 79.9. The van der Waals surface area contributed by atoms with E-state index in [1.807, 2.05) is 6.92 Å². The van der Waals surface area contributed by atoms with Crippen molar-refractivity contribution in [3.8, 4) is 0 Å². The maximum absolute atomic E-state index is 12.3. The van der Waals surface area contributed by atoms with E-state index >= 15 is 0 Å². The fourth-order valence-electron chi connectivity index (χ4n) is 2.48. The molecule has 0 radical (unpaired) electrons. The van der Waals surface area contributed by atoms with Crippen LogP contribution in [0.5, 0.6) is 0 Å². The van der Waals surface area contributed by atoms with Crippen LogP contribution < -0.4 is 10.5 Å². The first-order valence-electron chi connectivity index (χ1n) is 6.68. The normalized spacial score (nSPS) is 18.3. The second kappa shape index (κ2) is 6.43. The second-order valence-corrected chi connectivity index (χ2v) is 7.81. The molecule has 1 aromatic rings. The molecule has 0 bridgehead atoms. The van der Waals surface area contributed by atoms with E-state index < -0.39 is 10.0 Å². The molecule has 1 heterocycles. The van der Waals surface area contributed by atoms with Crippen LogP contribution in [-0.2, 0) is 10.0 Å². The molecule has 1 aliphatic heterocycles. The lowest BCUT2D eigenvalue weighted by Crippen LogP contribution is -2.41. The third-order valence-electron chi connectivity index (χ3n) is 3.35. The number of nitrogens with two attached hydrogens (primary N) is 1. The predicted octanol–water partition coefficient (Wildman–Crippen LogP) is 1.79. The summed E-state index contributed by atoms with van der Waals surface area (Å²) in [5.41, 5.74) is 6.04. The van der Waals surface area contributed by atoms with Crippen LogP contribution in [0.1, 0.15) is 19.8 Å². The minimum Gasteiger partial charge on any atom is -0.398 e. The third kappa shape index (κ3) is 3.94. The van der Waals surface area contributed by atoms with Gasteiger partial charge in [0.05, 0.1) is 5.69 Å². The Balaban J connectivity index is 2.06. The first-order valence-corrected chi connectivity index (χ1v) is 8.96. The molecule has 1 saturated heterocycles. The third-order valence-corrected chi connectivity index (χ3v) is 5.51. The van der Waals surface area contributed by atoms with Crippen LogP contribution in [-0.4, -0.2) is 39.0 Å². The number of benzene rings is 1. The molecule has 112 valence electrons. The summed E-state index contributed by atoms with van der Waals surface area (Å²) < 4.78 is 28.1. The van der Waals surface area contributed by atoms with E-state index in [2.05, 4.69) is 25.6 Å². The molecule has 0 spiro atoms. The number of sulfonamides is 1. The van der Waals surface area contributed by atoms with Crippen LogP contribution in [0.15, 0.2) is 27.6 Å². The van der Waals surface area contributed by atoms with Gasteiger partial charge < -0.3 is 10.6 Å². The lowest BCUT2D eigenvalue weighted by Gasteiger charge is -2.21. The number of halogens is 1. The molecular formula is C13H20BrN3O2S. The van der Waals surface area contributed by atoms with Crippen LogP contribution in [0, 0.1) is 0 Å². The molecule has 0 saturated carbocycles. The van der Waals surface area contributed by atoms with Gasteiger partial charge in [0.15, 0.2) is 0 Å². The minimum atomic E-state index is -3.57. The van der Waals surface area contributed by atoms with Gasteiger partial charge in [0.1, 0.15) is 4.90 Å². The molecule has 7 heteroatoms. The van der Waals surface area contributed by atoms with E-state index in [0.29, 0.717) is 0 Å². The quantitative estimate of drug-likeness (QED) is 0.784. The molecule has 3 N–H and O–H groups in total. The van der Waals surface area contributed by atoms with Gasteiger partial charge in [0, 0.05) is 17.1 Å². The maximum atomic E-state index is 12.3. The summed E-state index contributed by atoms with van der Waals surface area (Å²) in [7, 11) is -3.57. The number of nitrogens with one attached hydrogen (secondary N) is 1. The van der Waals surface area contributed by atoms with E-state index in [1.54, 1.807) is 12.1 Å². The largest absolute Gasteiger partial charge is 0.398 e. The summed E-state index contributed by atoms with van der Waals surface area (Å²) in [6, 6.07) is 4.65. The zero-order chi connectivity index (χ0) is 14.8. The van der Waals surface area contributed by atoms with Crippen molar-refractivity contribution < 1.29 is 8.42 Å². The molecule has 0 amide bonds. The fourth-order valence-corrected chi connectivity index (χ4v) is 4.21. The summed E-state index contributed by atoms with van der Waals surface area (Å²) in [5, 5.41) is 0. The molecule has 1 unspecified atom stereocenters. The molecule has 1 aromatic carbocycles. The first kappa shape index (κ1) is 15.8. The Bertz CT molecular complexity index is 571. The maximum Gasteiger partial charge on any atom is 0.242 e. The van der Waals surface area contributed by atoms with Crippen molar-refractivity contribution in [3.05, 3.63) is 22.7 Å². The molecule has 0 aromatic heterocycles. The minimum absolute atomic E-state index is 0.133. The van der Waals surface area contributed by atoms with Crippen molar-refractivity contribution in [3.63, 3.8) is 0 Å². The van der Waals surface area contributed by atoms with Gasteiger partial charge in [-0.25, -0.2) is 13.1 Å². The van der Waals surface area contributed by atoms with Gasteiger partial charge in [-0.05, 0) is 51.1 Å². The van der Waals surface area contributed by atoms with E-state index in [4.69, 9.17) is 5.73 Å². The van der Waals surface area contributed by atoms with Crippen molar-refractivity contribution in [2.75, 3.05) is 25.4 Å². The number of nitrogen functional groups attached to an aromatic ring is 1. The Morgan fingerprint density at radius 3 is 2.65 bits per heavy atom. The number of rotatable bonds is 5. The summed E-state index contributed by atoms with van der Waals surface area (Å²) in [6.07, 6.45) is 2.39. The summed E-state index contributed by atoms with van der Waals surface area (Å²) in [6.45, 7) is 4.71. The fraction of sp³-hybridized carbons (Fsp3) is 0.538. The van der Waals surface area contributed by atoms with Crippen molar-refractivity contribution in [2.45, 2.75) is 30.7 Å².